The minimum absolute atomic E-state index is 0.286. The van der Waals surface area contributed by atoms with Gasteiger partial charge in [-0.2, -0.15) is 0 Å². The highest BCUT2D eigenvalue weighted by Gasteiger charge is 2.13. The Balaban J connectivity index is 3.61. The van der Waals surface area contributed by atoms with Crippen LogP contribution in [0.25, 0.3) is 0 Å². The highest BCUT2D eigenvalue weighted by atomic mass is 35.5. The van der Waals surface area contributed by atoms with Gasteiger partial charge in [-0.3, -0.25) is 4.79 Å². The fraction of sp³-hybridized carbons (Fsp3) is 0.714. The first kappa shape index (κ1) is 11.4. The van der Waals surface area contributed by atoms with Crippen molar-refractivity contribution in [2.75, 3.05) is 12.5 Å². The standard InChI is InChI=1S/C7H11ClO4/c1-5(9)7(10)12-6(2)11-4-3-8/h6H,3-4H2,1-2H3. The molecule has 0 bridgehead atoms. The fourth-order valence-electron chi connectivity index (χ4n) is 0.478. The number of carbonyl (C=O) groups is 2. The molecule has 1 unspecified atom stereocenters. The number of hydrogen-bond acceptors (Lipinski definition) is 4. The van der Waals surface area contributed by atoms with Crippen LogP contribution in [0.4, 0.5) is 0 Å². The van der Waals surface area contributed by atoms with Gasteiger partial charge in [0.15, 0.2) is 0 Å². The third-order valence-electron chi connectivity index (χ3n) is 0.990. The van der Waals surface area contributed by atoms with E-state index in [1.807, 2.05) is 0 Å². The molecular formula is C7H11ClO4. The molecule has 12 heavy (non-hydrogen) atoms. The number of hydrogen-bond donors (Lipinski definition) is 0. The number of halogens is 1. The molecule has 0 fully saturated rings. The van der Waals surface area contributed by atoms with E-state index in [0.29, 0.717) is 5.88 Å². The molecule has 4 nitrogen and oxygen atoms in total. The topological polar surface area (TPSA) is 52.6 Å². The number of Topliss-reactive ketones (excluding diaryl/α,β-unsaturated/α-hetero) is 1. The minimum atomic E-state index is -0.892. The lowest BCUT2D eigenvalue weighted by molar-refractivity contribution is -0.176. The van der Waals surface area contributed by atoms with Gasteiger partial charge in [-0.15, -0.1) is 11.6 Å². The molecular weight excluding hydrogens is 184 g/mol. The quantitative estimate of drug-likeness (QED) is 0.280. The molecule has 0 aliphatic carbocycles. The maximum atomic E-state index is 10.6. The number of carbonyl (C=O) groups excluding carboxylic acids is 2. The smallest absolute Gasteiger partial charge is 0.376 e. The summed E-state index contributed by atoms with van der Waals surface area (Å²) in [6.07, 6.45) is -0.722. The van der Waals surface area contributed by atoms with Gasteiger partial charge in [0.05, 0.1) is 6.61 Å². The van der Waals surface area contributed by atoms with Crippen LogP contribution >= 0.6 is 11.6 Å². The Hall–Kier alpha value is -0.610. The molecule has 0 aliphatic heterocycles. The number of esters is 1. The van der Waals surface area contributed by atoms with E-state index in [9.17, 15) is 9.59 Å². The Morgan fingerprint density at radius 2 is 2.08 bits per heavy atom. The van der Waals surface area contributed by atoms with E-state index >= 15 is 0 Å². The molecule has 0 spiro atoms. The van der Waals surface area contributed by atoms with Crippen LogP contribution in [0.3, 0.4) is 0 Å². The lowest BCUT2D eigenvalue weighted by Crippen LogP contribution is -2.23. The van der Waals surface area contributed by atoms with E-state index in [0.717, 1.165) is 6.92 Å². The summed E-state index contributed by atoms with van der Waals surface area (Å²) in [5, 5.41) is 0. The molecule has 0 heterocycles. The SMILES string of the molecule is CC(=O)C(=O)OC(C)OCCCl. The molecule has 0 rings (SSSR count). The predicted octanol–water partition coefficient (Wildman–Crippen LogP) is 0.720. The lowest BCUT2D eigenvalue weighted by atomic mass is 10.5. The predicted molar refractivity (Wildman–Crippen MR) is 42.9 cm³/mol. The van der Waals surface area contributed by atoms with Gasteiger partial charge in [-0.05, 0) is 6.92 Å². The summed E-state index contributed by atoms with van der Waals surface area (Å²) >= 11 is 5.31. The van der Waals surface area contributed by atoms with Crippen molar-refractivity contribution in [3.05, 3.63) is 0 Å². The zero-order chi connectivity index (χ0) is 9.56. The molecule has 0 amide bonds. The molecule has 0 aromatic rings. The van der Waals surface area contributed by atoms with Crippen molar-refractivity contribution in [1.82, 2.24) is 0 Å². The van der Waals surface area contributed by atoms with E-state index in [1.54, 1.807) is 0 Å². The molecule has 0 aromatic heterocycles. The van der Waals surface area contributed by atoms with Crippen LogP contribution in [-0.4, -0.2) is 30.5 Å². The van der Waals surface area contributed by atoms with Crippen LogP contribution in [0.15, 0.2) is 0 Å². The average Bonchev–Trinajstić information content (AvgIpc) is 2.00. The molecule has 5 heteroatoms. The summed E-state index contributed by atoms with van der Waals surface area (Å²) in [5.74, 6) is -1.21. The van der Waals surface area contributed by atoms with Crippen molar-refractivity contribution < 1.29 is 19.1 Å². The van der Waals surface area contributed by atoms with Crippen molar-refractivity contribution in [2.45, 2.75) is 20.1 Å². The molecule has 0 aliphatic rings. The normalized spacial score (nSPS) is 12.2. The highest BCUT2D eigenvalue weighted by Crippen LogP contribution is 1.95. The van der Waals surface area contributed by atoms with Crippen molar-refractivity contribution in [3.63, 3.8) is 0 Å². The van der Waals surface area contributed by atoms with E-state index in [-0.39, 0.29) is 6.61 Å². The maximum Gasteiger partial charge on any atom is 0.376 e. The Bertz CT molecular complexity index is 169. The lowest BCUT2D eigenvalue weighted by Gasteiger charge is -2.11. The molecule has 0 aromatic carbocycles. The summed E-state index contributed by atoms with van der Waals surface area (Å²) in [5.41, 5.74) is 0. The Morgan fingerprint density at radius 1 is 1.50 bits per heavy atom. The van der Waals surface area contributed by atoms with Crippen molar-refractivity contribution in [3.8, 4) is 0 Å². The van der Waals surface area contributed by atoms with Crippen LogP contribution in [0.5, 0.6) is 0 Å². The summed E-state index contributed by atoms with van der Waals surface area (Å²) < 4.78 is 9.43. The number of rotatable bonds is 5. The Labute approximate surface area is 75.8 Å². The van der Waals surface area contributed by atoms with Crippen LogP contribution < -0.4 is 0 Å². The van der Waals surface area contributed by atoms with Crippen molar-refractivity contribution in [2.24, 2.45) is 0 Å². The van der Waals surface area contributed by atoms with Crippen molar-refractivity contribution >= 4 is 23.4 Å². The molecule has 0 saturated heterocycles. The van der Waals surface area contributed by atoms with E-state index in [4.69, 9.17) is 16.3 Å². The van der Waals surface area contributed by atoms with Gasteiger partial charge in [0.1, 0.15) is 0 Å². The Morgan fingerprint density at radius 3 is 2.50 bits per heavy atom. The first-order chi connectivity index (χ1) is 5.57. The number of ether oxygens (including phenoxy) is 2. The van der Waals surface area contributed by atoms with Gasteiger partial charge in [0, 0.05) is 12.8 Å². The number of ketones is 1. The Kier molecular flexibility index (Phi) is 5.66. The van der Waals surface area contributed by atoms with Crippen LogP contribution in [0, 0.1) is 0 Å². The third kappa shape index (κ3) is 5.09. The van der Waals surface area contributed by atoms with Gasteiger partial charge in [-0.25, -0.2) is 4.79 Å². The summed E-state index contributed by atoms with van der Waals surface area (Å²) in [4.78, 5) is 21.0. The van der Waals surface area contributed by atoms with Gasteiger partial charge >= 0.3 is 5.97 Å². The largest absolute Gasteiger partial charge is 0.430 e. The summed E-state index contributed by atoms with van der Waals surface area (Å²) in [6.45, 7) is 2.94. The maximum absolute atomic E-state index is 10.6. The third-order valence-corrected chi connectivity index (χ3v) is 1.14. The van der Waals surface area contributed by atoms with Crippen LogP contribution in [0.2, 0.25) is 0 Å². The second-order valence-corrected chi connectivity index (χ2v) is 2.47. The summed E-state index contributed by atoms with van der Waals surface area (Å²) in [6, 6.07) is 0. The molecule has 70 valence electrons. The zero-order valence-electron chi connectivity index (χ0n) is 7.00. The molecule has 0 saturated carbocycles. The first-order valence-electron chi connectivity index (χ1n) is 3.47. The monoisotopic (exact) mass is 194 g/mol. The first-order valence-corrected chi connectivity index (χ1v) is 4.00. The average molecular weight is 195 g/mol. The zero-order valence-corrected chi connectivity index (χ0v) is 7.76. The highest BCUT2D eigenvalue weighted by molar-refractivity contribution is 6.32. The minimum Gasteiger partial charge on any atom is -0.430 e. The second kappa shape index (κ2) is 5.97. The fourth-order valence-corrected chi connectivity index (χ4v) is 0.567. The van der Waals surface area contributed by atoms with Gasteiger partial charge in [0.25, 0.3) is 0 Å². The second-order valence-electron chi connectivity index (χ2n) is 2.09. The van der Waals surface area contributed by atoms with Gasteiger partial charge in [0.2, 0.25) is 12.1 Å². The van der Waals surface area contributed by atoms with Crippen molar-refractivity contribution in [1.29, 1.82) is 0 Å². The molecule has 0 radical (unpaired) electrons. The number of alkyl halides is 1. The van der Waals surface area contributed by atoms with E-state index in [2.05, 4.69) is 4.74 Å². The van der Waals surface area contributed by atoms with Gasteiger partial charge < -0.3 is 9.47 Å². The van der Waals surface area contributed by atoms with Crippen LogP contribution in [0.1, 0.15) is 13.8 Å². The molecule has 1 atom stereocenters. The summed E-state index contributed by atoms with van der Waals surface area (Å²) in [7, 11) is 0. The van der Waals surface area contributed by atoms with E-state index < -0.39 is 18.0 Å². The van der Waals surface area contributed by atoms with E-state index in [1.165, 1.54) is 6.92 Å². The van der Waals surface area contributed by atoms with Crippen LogP contribution in [-0.2, 0) is 19.1 Å². The molecule has 0 N–H and O–H groups in total. The van der Waals surface area contributed by atoms with Gasteiger partial charge in [-0.1, -0.05) is 0 Å².